The second kappa shape index (κ2) is 11.6. The zero-order valence-electron chi connectivity index (χ0n) is 19.0. The molecule has 1 saturated heterocycles. The van der Waals surface area contributed by atoms with Crippen molar-refractivity contribution in [1.82, 2.24) is 15.0 Å². The van der Waals surface area contributed by atoms with E-state index in [4.69, 9.17) is 14.0 Å². The minimum atomic E-state index is -0.210. The number of carbonyl (C=O) groups excluding carboxylic acids is 1. The fraction of sp³-hybridized carbons (Fsp3) is 0.400. The number of nitrogens with one attached hydrogen (secondary N) is 1. The van der Waals surface area contributed by atoms with Gasteiger partial charge in [-0.05, 0) is 48.4 Å². The van der Waals surface area contributed by atoms with E-state index in [0.717, 1.165) is 63.4 Å². The van der Waals surface area contributed by atoms with Gasteiger partial charge in [0, 0.05) is 37.3 Å². The smallest absolute Gasteiger partial charge is 0.262 e. The molecule has 1 aliphatic heterocycles. The fourth-order valence-corrected chi connectivity index (χ4v) is 3.56. The number of unbranched alkanes of at least 4 members (excludes halogenated alkanes) is 1. The van der Waals surface area contributed by atoms with Gasteiger partial charge in [0.1, 0.15) is 5.75 Å². The van der Waals surface area contributed by atoms with E-state index in [1.165, 1.54) is 5.56 Å². The van der Waals surface area contributed by atoms with Gasteiger partial charge in [-0.25, -0.2) is 0 Å². The zero-order chi connectivity index (χ0) is 22.9. The summed E-state index contributed by atoms with van der Waals surface area (Å²) in [5.41, 5.74) is 2.81. The minimum Gasteiger partial charge on any atom is -0.484 e. The first-order valence-corrected chi connectivity index (χ1v) is 11.4. The Balaban J connectivity index is 1.22. The van der Waals surface area contributed by atoms with Crippen LogP contribution in [0.15, 0.2) is 53.1 Å². The van der Waals surface area contributed by atoms with Crippen LogP contribution in [0.3, 0.4) is 0 Å². The van der Waals surface area contributed by atoms with Crippen LogP contribution in [0.5, 0.6) is 5.75 Å². The van der Waals surface area contributed by atoms with Crippen LogP contribution < -0.4 is 10.1 Å². The third-order valence-corrected chi connectivity index (χ3v) is 5.44. The highest BCUT2D eigenvalue weighted by molar-refractivity contribution is 5.91. The van der Waals surface area contributed by atoms with Crippen molar-refractivity contribution in [3.8, 4) is 17.1 Å². The molecule has 1 aromatic heterocycles. The highest BCUT2D eigenvalue weighted by Crippen LogP contribution is 2.20. The van der Waals surface area contributed by atoms with Crippen molar-refractivity contribution >= 4 is 11.6 Å². The van der Waals surface area contributed by atoms with Gasteiger partial charge in [-0.2, -0.15) is 4.98 Å². The number of nitrogens with zero attached hydrogens (tertiary/aromatic N) is 3. The van der Waals surface area contributed by atoms with Crippen molar-refractivity contribution in [3.05, 3.63) is 60.0 Å². The number of hydrogen-bond acceptors (Lipinski definition) is 7. The van der Waals surface area contributed by atoms with Crippen LogP contribution >= 0.6 is 0 Å². The molecule has 0 bridgehead atoms. The highest BCUT2D eigenvalue weighted by atomic mass is 16.5. The van der Waals surface area contributed by atoms with Crippen molar-refractivity contribution in [2.75, 3.05) is 38.2 Å². The Kier molecular flexibility index (Phi) is 8.05. The first-order chi connectivity index (χ1) is 16.2. The Labute approximate surface area is 193 Å². The average molecular weight is 451 g/mol. The predicted octanol–water partition coefficient (Wildman–Crippen LogP) is 3.93. The van der Waals surface area contributed by atoms with E-state index in [2.05, 4.69) is 27.3 Å². The molecule has 8 heteroatoms. The molecule has 0 radical (unpaired) electrons. The normalized spacial score (nSPS) is 14.2. The summed E-state index contributed by atoms with van der Waals surface area (Å²) >= 11 is 0. The Morgan fingerprint density at radius 2 is 1.85 bits per heavy atom. The summed E-state index contributed by atoms with van der Waals surface area (Å²) in [6.45, 7) is 6.41. The van der Waals surface area contributed by atoms with Gasteiger partial charge < -0.3 is 19.3 Å². The van der Waals surface area contributed by atoms with Crippen LogP contribution in [0.4, 0.5) is 5.69 Å². The van der Waals surface area contributed by atoms with Crippen molar-refractivity contribution in [1.29, 1.82) is 0 Å². The molecule has 3 aromatic rings. The molecule has 8 nitrogen and oxygen atoms in total. The molecule has 2 heterocycles. The Morgan fingerprint density at radius 1 is 1.09 bits per heavy atom. The SMILES string of the molecule is CCCCc1nc(-c2ccc(OCC(=O)Nc3ccc(CN4CCOCC4)cc3)cc2)no1. The number of amides is 1. The van der Waals surface area contributed by atoms with Crippen LogP contribution in [0.2, 0.25) is 0 Å². The lowest BCUT2D eigenvalue weighted by molar-refractivity contribution is -0.118. The Morgan fingerprint density at radius 3 is 2.58 bits per heavy atom. The monoisotopic (exact) mass is 450 g/mol. The lowest BCUT2D eigenvalue weighted by Crippen LogP contribution is -2.35. The molecular formula is C25H30N4O4. The van der Waals surface area contributed by atoms with E-state index in [1.807, 2.05) is 36.4 Å². The summed E-state index contributed by atoms with van der Waals surface area (Å²) in [7, 11) is 0. The molecule has 0 saturated carbocycles. The first-order valence-electron chi connectivity index (χ1n) is 11.4. The summed E-state index contributed by atoms with van der Waals surface area (Å²) < 4.78 is 16.3. The third kappa shape index (κ3) is 6.87. The number of benzene rings is 2. The summed E-state index contributed by atoms with van der Waals surface area (Å²) in [5, 5.41) is 6.90. The van der Waals surface area contributed by atoms with Gasteiger partial charge in [-0.3, -0.25) is 9.69 Å². The Hall–Kier alpha value is -3.23. The summed E-state index contributed by atoms with van der Waals surface area (Å²) in [5.74, 6) is 1.60. The van der Waals surface area contributed by atoms with Gasteiger partial charge in [-0.15, -0.1) is 0 Å². The van der Waals surface area contributed by atoms with Crippen molar-refractivity contribution < 1.29 is 18.8 Å². The van der Waals surface area contributed by atoms with Gasteiger partial charge in [-0.1, -0.05) is 30.6 Å². The third-order valence-electron chi connectivity index (χ3n) is 5.44. The second-order valence-electron chi connectivity index (χ2n) is 8.06. The maximum atomic E-state index is 12.3. The largest absolute Gasteiger partial charge is 0.484 e. The van der Waals surface area contributed by atoms with E-state index in [-0.39, 0.29) is 12.5 Å². The molecular weight excluding hydrogens is 420 g/mol. The van der Waals surface area contributed by atoms with E-state index in [9.17, 15) is 4.79 Å². The molecule has 0 spiro atoms. The molecule has 33 heavy (non-hydrogen) atoms. The molecule has 0 atom stereocenters. The van der Waals surface area contributed by atoms with Gasteiger partial charge in [0.15, 0.2) is 6.61 Å². The number of anilines is 1. The van der Waals surface area contributed by atoms with Crippen molar-refractivity contribution in [2.45, 2.75) is 32.7 Å². The number of rotatable bonds is 10. The lowest BCUT2D eigenvalue weighted by atomic mass is 10.2. The summed E-state index contributed by atoms with van der Waals surface area (Å²) in [6.07, 6.45) is 2.89. The summed E-state index contributed by atoms with van der Waals surface area (Å²) in [6, 6.07) is 15.2. The van der Waals surface area contributed by atoms with Crippen LogP contribution in [0, 0.1) is 0 Å². The minimum absolute atomic E-state index is 0.0712. The second-order valence-corrected chi connectivity index (χ2v) is 8.06. The van der Waals surface area contributed by atoms with Crippen molar-refractivity contribution in [3.63, 3.8) is 0 Å². The molecule has 1 amide bonds. The number of carbonyl (C=O) groups is 1. The topological polar surface area (TPSA) is 89.7 Å². The van der Waals surface area contributed by atoms with E-state index < -0.39 is 0 Å². The fourth-order valence-electron chi connectivity index (χ4n) is 3.56. The molecule has 174 valence electrons. The number of ether oxygens (including phenoxy) is 2. The molecule has 0 unspecified atom stereocenters. The van der Waals surface area contributed by atoms with E-state index in [1.54, 1.807) is 12.1 Å². The summed E-state index contributed by atoms with van der Waals surface area (Å²) in [4.78, 5) is 19.1. The zero-order valence-corrected chi connectivity index (χ0v) is 19.0. The quantitative estimate of drug-likeness (QED) is 0.501. The molecule has 1 N–H and O–H groups in total. The Bertz CT molecular complexity index is 1010. The average Bonchev–Trinajstić information content (AvgIpc) is 3.33. The number of morpholine rings is 1. The van der Waals surface area contributed by atoms with Crippen LogP contribution in [-0.4, -0.2) is 53.9 Å². The van der Waals surface area contributed by atoms with Gasteiger partial charge in [0.25, 0.3) is 5.91 Å². The van der Waals surface area contributed by atoms with Crippen LogP contribution in [0.1, 0.15) is 31.2 Å². The van der Waals surface area contributed by atoms with Gasteiger partial charge in [0.05, 0.1) is 13.2 Å². The van der Waals surface area contributed by atoms with Gasteiger partial charge >= 0.3 is 0 Å². The highest BCUT2D eigenvalue weighted by Gasteiger charge is 2.11. The molecule has 0 aliphatic carbocycles. The first kappa shape index (κ1) is 22.9. The molecule has 4 rings (SSSR count). The number of aryl methyl sites for hydroxylation is 1. The van der Waals surface area contributed by atoms with Crippen LogP contribution in [0.25, 0.3) is 11.4 Å². The van der Waals surface area contributed by atoms with Gasteiger partial charge in [0.2, 0.25) is 11.7 Å². The molecule has 1 aliphatic rings. The standard InChI is InChI=1S/C25H30N4O4/c1-2-3-4-24-27-25(28-33-24)20-7-11-22(12-8-20)32-18-23(30)26-21-9-5-19(6-10-21)17-29-13-15-31-16-14-29/h5-12H,2-4,13-18H2,1H3,(H,26,30). The molecule has 1 fully saturated rings. The lowest BCUT2D eigenvalue weighted by Gasteiger charge is -2.26. The molecule has 2 aromatic carbocycles. The van der Waals surface area contributed by atoms with Crippen molar-refractivity contribution in [2.24, 2.45) is 0 Å². The van der Waals surface area contributed by atoms with E-state index >= 15 is 0 Å². The number of hydrogen-bond donors (Lipinski definition) is 1. The number of aromatic nitrogens is 2. The van der Waals surface area contributed by atoms with Crippen LogP contribution in [-0.2, 0) is 22.5 Å². The van der Waals surface area contributed by atoms with E-state index in [0.29, 0.717) is 17.5 Å². The predicted molar refractivity (Wildman–Crippen MR) is 125 cm³/mol. The maximum Gasteiger partial charge on any atom is 0.262 e. The maximum absolute atomic E-state index is 12.3.